The monoisotopic (exact) mass is 461 g/mol. The minimum Gasteiger partial charge on any atom is -0.378 e. The molecule has 1 fully saturated rings. The number of fused-ring (bicyclic) bond motifs is 1. The van der Waals surface area contributed by atoms with Gasteiger partial charge in [0, 0.05) is 18.8 Å². The molecule has 0 saturated carbocycles. The number of nitrogens with one attached hydrogen (secondary N) is 1. The number of hydrogen-bond acceptors (Lipinski definition) is 6. The predicted molar refractivity (Wildman–Crippen MR) is 120 cm³/mol. The first kappa shape index (κ1) is 21.5. The number of aromatic nitrogens is 1. The van der Waals surface area contributed by atoms with Crippen molar-refractivity contribution in [3.63, 3.8) is 0 Å². The van der Waals surface area contributed by atoms with E-state index in [1.54, 1.807) is 23.1 Å². The summed E-state index contributed by atoms with van der Waals surface area (Å²) >= 11 is 0.929. The molecule has 0 bridgehead atoms. The van der Waals surface area contributed by atoms with Gasteiger partial charge in [0.25, 0.3) is 10.0 Å². The maximum absolute atomic E-state index is 12.8. The van der Waals surface area contributed by atoms with Gasteiger partial charge >= 0.3 is 4.87 Å². The van der Waals surface area contributed by atoms with Gasteiger partial charge in [-0.3, -0.25) is 18.9 Å². The first-order valence-electron chi connectivity index (χ1n) is 9.98. The summed E-state index contributed by atoms with van der Waals surface area (Å²) in [4.78, 5) is 26.5. The lowest BCUT2D eigenvalue weighted by Crippen LogP contribution is -2.43. The molecule has 0 radical (unpaired) electrons. The fraction of sp³-hybridized carbons (Fsp3) is 0.333. The first-order valence-corrected chi connectivity index (χ1v) is 12.3. The number of carbonyl (C=O) groups excluding carboxylic acids is 1. The summed E-state index contributed by atoms with van der Waals surface area (Å²) in [5, 5.41) is 0. The van der Waals surface area contributed by atoms with E-state index < -0.39 is 10.0 Å². The average Bonchev–Trinajstić information content (AvgIpc) is 3.09. The van der Waals surface area contributed by atoms with Crippen molar-refractivity contribution in [2.45, 2.75) is 24.8 Å². The second-order valence-electron chi connectivity index (χ2n) is 7.23. The van der Waals surface area contributed by atoms with Crippen LogP contribution in [0.2, 0.25) is 0 Å². The molecule has 1 aromatic heterocycles. The molecule has 3 aromatic rings. The number of rotatable bonds is 6. The van der Waals surface area contributed by atoms with E-state index in [1.165, 1.54) is 16.7 Å². The molecule has 0 spiro atoms. The third kappa shape index (κ3) is 4.65. The second kappa shape index (κ2) is 8.81. The normalized spacial score (nSPS) is 14.7. The van der Waals surface area contributed by atoms with Crippen LogP contribution in [-0.4, -0.2) is 50.1 Å². The lowest BCUT2D eigenvalue weighted by molar-refractivity contribution is -0.135. The number of anilines is 1. The van der Waals surface area contributed by atoms with Crippen molar-refractivity contribution in [1.29, 1.82) is 0 Å². The lowest BCUT2D eigenvalue weighted by Gasteiger charge is -2.26. The highest BCUT2D eigenvalue weighted by atomic mass is 32.2. The minimum absolute atomic E-state index is 0.0625. The standard InChI is InChI=1S/C21H23N3O5S2/c1-2-15-3-5-16(6-4-15)22-31(27,28)17-7-8-18-19(13-17)30-21(26)24(18)14-20(25)23-9-11-29-12-10-23/h3-8,13,22H,2,9-12,14H2,1H3. The number of sulfonamides is 1. The van der Waals surface area contributed by atoms with E-state index in [0.717, 1.165) is 23.3 Å². The molecule has 4 rings (SSSR count). The fourth-order valence-electron chi connectivity index (χ4n) is 3.43. The lowest BCUT2D eigenvalue weighted by atomic mass is 10.2. The van der Waals surface area contributed by atoms with Crippen molar-refractivity contribution < 1.29 is 17.9 Å². The smallest absolute Gasteiger partial charge is 0.308 e. The van der Waals surface area contributed by atoms with Crippen LogP contribution in [0.5, 0.6) is 0 Å². The third-order valence-corrected chi connectivity index (χ3v) is 7.54. The average molecular weight is 462 g/mol. The molecule has 164 valence electrons. The molecule has 1 amide bonds. The second-order valence-corrected chi connectivity index (χ2v) is 9.91. The number of hydrogen-bond donors (Lipinski definition) is 1. The molecule has 1 aliphatic rings. The highest BCUT2D eigenvalue weighted by Gasteiger charge is 2.21. The Morgan fingerprint density at radius 3 is 2.52 bits per heavy atom. The van der Waals surface area contributed by atoms with Crippen LogP contribution in [0.1, 0.15) is 12.5 Å². The molecular formula is C21H23N3O5S2. The van der Waals surface area contributed by atoms with Gasteiger partial charge in [-0.25, -0.2) is 8.42 Å². The minimum atomic E-state index is -3.81. The van der Waals surface area contributed by atoms with Crippen LogP contribution >= 0.6 is 11.3 Å². The largest absolute Gasteiger partial charge is 0.378 e. The van der Waals surface area contributed by atoms with Crippen molar-refractivity contribution in [3.8, 4) is 0 Å². The quantitative estimate of drug-likeness (QED) is 0.607. The van der Waals surface area contributed by atoms with Crippen LogP contribution in [0, 0.1) is 0 Å². The summed E-state index contributed by atoms with van der Waals surface area (Å²) in [5.41, 5.74) is 2.13. The van der Waals surface area contributed by atoms with Crippen LogP contribution < -0.4 is 9.60 Å². The Hall–Kier alpha value is -2.69. The highest BCUT2D eigenvalue weighted by molar-refractivity contribution is 7.92. The van der Waals surface area contributed by atoms with Gasteiger partial charge in [0.05, 0.1) is 28.3 Å². The van der Waals surface area contributed by atoms with Crippen LogP contribution in [0.15, 0.2) is 52.2 Å². The number of benzene rings is 2. The summed E-state index contributed by atoms with van der Waals surface area (Å²) in [7, 11) is -3.81. The predicted octanol–water partition coefficient (Wildman–Crippen LogP) is 2.29. The van der Waals surface area contributed by atoms with Crippen molar-refractivity contribution in [1.82, 2.24) is 9.47 Å². The van der Waals surface area contributed by atoms with Crippen LogP contribution in [0.3, 0.4) is 0 Å². The molecular weight excluding hydrogens is 438 g/mol. The fourth-order valence-corrected chi connectivity index (χ4v) is 5.52. The highest BCUT2D eigenvalue weighted by Crippen LogP contribution is 2.24. The van der Waals surface area contributed by atoms with E-state index in [-0.39, 0.29) is 22.2 Å². The van der Waals surface area contributed by atoms with E-state index in [4.69, 9.17) is 4.74 Å². The molecule has 2 heterocycles. The summed E-state index contributed by atoms with van der Waals surface area (Å²) < 4.78 is 35.4. The van der Waals surface area contributed by atoms with E-state index in [1.807, 2.05) is 19.1 Å². The molecule has 31 heavy (non-hydrogen) atoms. The summed E-state index contributed by atoms with van der Waals surface area (Å²) in [6, 6.07) is 11.7. The molecule has 0 unspecified atom stereocenters. The van der Waals surface area contributed by atoms with Crippen molar-refractivity contribution in [3.05, 3.63) is 57.7 Å². The Morgan fingerprint density at radius 2 is 1.84 bits per heavy atom. The first-order chi connectivity index (χ1) is 14.9. The summed E-state index contributed by atoms with van der Waals surface area (Å²) in [5.74, 6) is -0.154. The van der Waals surface area contributed by atoms with Crippen molar-refractivity contribution >= 4 is 43.2 Å². The number of amides is 1. The number of ether oxygens (including phenoxy) is 1. The van der Waals surface area contributed by atoms with Gasteiger partial charge in [0.15, 0.2) is 0 Å². The van der Waals surface area contributed by atoms with Crippen molar-refractivity contribution in [2.24, 2.45) is 0 Å². The Labute approximate surface area is 184 Å². The molecule has 8 nitrogen and oxygen atoms in total. The maximum Gasteiger partial charge on any atom is 0.308 e. The molecule has 2 aromatic carbocycles. The van der Waals surface area contributed by atoms with Crippen LogP contribution in [0.25, 0.3) is 10.2 Å². The zero-order valence-corrected chi connectivity index (χ0v) is 18.7. The Kier molecular flexibility index (Phi) is 6.12. The third-order valence-electron chi connectivity index (χ3n) is 5.22. The Bertz CT molecular complexity index is 1260. The number of thiazole rings is 1. The van der Waals surface area contributed by atoms with Gasteiger partial charge in [-0.05, 0) is 42.3 Å². The van der Waals surface area contributed by atoms with Gasteiger partial charge in [-0.15, -0.1) is 0 Å². The number of morpholine rings is 1. The zero-order valence-electron chi connectivity index (χ0n) is 17.0. The number of aryl methyl sites for hydroxylation is 1. The number of nitrogens with zero attached hydrogens (tertiary/aromatic N) is 2. The van der Waals surface area contributed by atoms with Gasteiger partial charge in [-0.2, -0.15) is 0 Å². The Morgan fingerprint density at radius 1 is 1.13 bits per heavy atom. The van der Waals surface area contributed by atoms with E-state index in [0.29, 0.717) is 42.2 Å². The SMILES string of the molecule is CCc1ccc(NS(=O)(=O)c2ccc3c(c2)sc(=O)n3CC(=O)N2CCOCC2)cc1. The molecule has 0 atom stereocenters. The molecule has 1 N–H and O–H groups in total. The molecule has 0 aliphatic carbocycles. The maximum atomic E-state index is 12.8. The molecule has 1 saturated heterocycles. The molecule has 10 heteroatoms. The Balaban J connectivity index is 1.58. The van der Waals surface area contributed by atoms with E-state index >= 15 is 0 Å². The van der Waals surface area contributed by atoms with Crippen LogP contribution in [0.4, 0.5) is 5.69 Å². The van der Waals surface area contributed by atoms with Gasteiger partial charge in [0.1, 0.15) is 6.54 Å². The van der Waals surface area contributed by atoms with Gasteiger partial charge in [-0.1, -0.05) is 30.4 Å². The molecule has 1 aliphatic heterocycles. The van der Waals surface area contributed by atoms with Crippen LogP contribution in [-0.2, 0) is 32.5 Å². The summed E-state index contributed by atoms with van der Waals surface area (Å²) in [6.45, 7) is 3.93. The van der Waals surface area contributed by atoms with Gasteiger partial charge < -0.3 is 9.64 Å². The van der Waals surface area contributed by atoms with Gasteiger partial charge in [0.2, 0.25) is 5.91 Å². The zero-order chi connectivity index (χ0) is 22.0. The van der Waals surface area contributed by atoms with E-state index in [9.17, 15) is 18.0 Å². The van der Waals surface area contributed by atoms with Crippen molar-refractivity contribution in [2.75, 3.05) is 31.0 Å². The topological polar surface area (TPSA) is 97.7 Å². The summed E-state index contributed by atoms with van der Waals surface area (Å²) in [6.07, 6.45) is 0.869. The van der Waals surface area contributed by atoms with E-state index in [2.05, 4.69) is 4.72 Å². The number of carbonyl (C=O) groups is 1.